The zero-order valence-electron chi connectivity index (χ0n) is 6.31. The zero-order chi connectivity index (χ0) is 6.74. The third kappa shape index (κ3) is 1.78. The SMILES string of the molecule is CCO[SiH-]1(C)CCCN1. The summed E-state index contributed by atoms with van der Waals surface area (Å²) in [7, 11) is -1.60. The van der Waals surface area contributed by atoms with Crippen molar-refractivity contribution >= 4 is 8.48 Å². The summed E-state index contributed by atoms with van der Waals surface area (Å²) < 4.78 is 5.65. The van der Waals surface area contributed by atoms with Gasteiger partial charge in [0, 0.05) is 0 Å². The van der Waals surface area contributed by atoms with Gasteiger partial charge in [0.05, 0.1) is 0 Å². The van der Waals surface area contributed by atoms with Crippen LogP contribution in [0.4, 0.5) is 0 Å². The summed E-state index contributed by atoms with van der Waals surface area (Å²) in [5, 5.41) is 0. The molecule has 0 atom stereocenters. The van der Waals surface area contributed by atoms with Crippen LogP contribution in [0.25, 0.3) is 0 Å². The minimum atomic E-state index is -1.60. The van der Waals surface area contributed by atoms with Crippen LogP contribution in [0.1, 0.15) is 13.3 Å². The molecule has 0 aliphatic carbocycles. The Bertz CT molecular complexity index is 91.1. The molecular formula is C6H16NOSi-. The van der Waals surface area contributed by atoms with Crippen LogP contribution in [0.3, 0.4) is 0 Å². The van der Waals surface area contributed by atoms with Crippen LogP contribution < -0.4 is 4.98 Å². The zero-order valence-corrected chi connectivity index (χ0v) is 7.47. The van der Waals surface area contributed by atoms with Gasteiger partial charge in [0.15, 0.2) is 0 Å². The normalized spacial score (nSPS) is 28.2. The summed E-state index contributed by atoms with van der Waals surface area (Å²) in [6, 6.07) is 1.32. The molecule has 1 saturated heterocycles. The second-order valence-electron chi connectivity index (χ2n) is 2.97. The van der Waals surface area contributed by atoms with Crippen LogP contribution in [0.15, 0.2) is 0 Å². The third-order valence-electron chi connectivity index (χ3n) is 2.04. The summed E-state index contributed by atoms with van der Waals surface area (Å²) >= 11 is 0. The monoisotopic (exact) mass is 146 g/mol. The summed E-state index contributed by atoms with van der Waals surface area (Å²) in [6.07, 6.45) is 1.32. The van der Waals surface area contributed by atoms with Crippen LogP contribution in [0.5, 0.6) is 0 Å². The van der Waals surface area contributed by atoms with E-state index in [2.05, 4.69) is 18.5 Å². The van der Waals surface area contributed by atoms with E-state index >= 15 is 0 Å². The molecule has 1 N–H and O–H groups in total. The predicted octanol–water partition coefficient (Wildman–Crippen LogP) is 0.821. The van der Waals surface area contributed by atoms with Gasteiger partial charge in [-0.2, -0.15) is 0 Å². The molecule has 0 radical (unpaired) electrons. The van der Waals surface area contributed by atoms with Crippen LogP contribution in [0.2, 0.25) is 12.6 Å². The molecule has 0 aromatic heterocycles. The van der Waals surface area contributed by atoms with Gasteiger partial charge in [-0.3, -0.25) is 0 Å². The molecule has 0 saturated carbocycles. The first-order valence-electron chi connectivity index (χ1n) is 3.86. The van der Waals surface area contributed by atoms with Crippen molar-refractivity contribution in [3.8, 4) is 0 Å². The summed E-state index contributed by atoms with van der Waals surface area (Å²) in [4.78, 5) is 3.48. The molecule has 0 unspecified atom stereocenters. The fourth-order valence-electron chi connectivity index (χ4n) is 1.51. The van der Waals surface area contributed by atoms with Crippen molar-refractivity contribution in [2.75, 3.05) is 13.2 Å². The van der Waals surface area contributed by atoms with Crippen molar-refractivity contribution in [2.24, 2.45) is 0 Å². The Labute approximate surface area is 57.8 Å². The number of hydrogen-bond donors (Lipinski definition) is 1. The van der Waals surface area contributed by atoms with Crippen molar-refractivity contribution in [3.63, 3.8) is 0 Å². The summed E-state index contributed by atoms with van der Waals surface area (Å²) in [5.74, 6) is 0. The van der Waals surface area contributed by atoms with E-state index in [-0.39, 0.29) is 0 Å². The molecule has 0 aromatic rings. The summed E-state index contributed by atoms with van der Waals surface area (Å²) in [5.41, 5.74) is 0. The van der Waals surface area contributed by atoms with Gasteiger partial charge >= 0.3 is 57.0 Å². The molecule has 1 fully saturated rings. The third-order valence-corrected chi connectivity index (χ3v) is 5.77. The Hall–Kier alpha value is 0.137. The van der Waals surface area contributed by atoms with Gasteiger partial charge < -0.3 is 0 Å². The molecule has 1 aliphatic heterocycles. The second-order valence-corrected chi connectivity index (χ2v) is 7.13. The van der Waals surface area contributed by atoms with E-state index in [9.17, 15) is 0 Å². The molecule has 1 aliphatic rings. The van der Waals surface area contributed by atoms with E-state index < -0.39 is 8.48 Å². The average molecular weight is 146 g/mol. The van der Waals surface area contributed by atoms with Gasteiger partial charge in [-0.1, -0.05) is 0 Å². The molecule has 1 heterocycles. The van der Waals surface area contributed by atoms with E-state index in [0.29, 0.717) is 0 Å². The Balaban J connectivity index is 2.32. The molecule has 56 valence electrons. The van der Waals surface area contributed by atoms with E-state index in [1.807, 2.05) is 0 Å². The maximum absolute atomic E-state index is 5.65. The van der Waals surface area contributed by atoms with Gasteiger partial charge in [-0.15, -0.1) is 0 Å². The van der Waals surface area contributed by atoms with Gasteiger partial charge in [0.2, 0.25) is 0 Å². The fraction of sp³-hybridized carbons (Fsp3) is 1.00. The number of nitrogens with one attached hydrogen (secondary N) is 1. The summed E-state index contributed by atoms with van der Waals surface area (Å²) in [6.45, 7) is 6.42. The van der Waals surface area contributed by atoms with Crippen LogP contribution in [-0.2, 0) is 4.43 Å². The first-order valence-corrected chi connectivity index (χ1v) is 6.88. The van der Waals surface area contributed by atoms with Crippen LogP contribution in [-0.4, -0.2) is 21.6 Å². The van der Waals surface area contributed by atoms with Crippen molar-refractivity contribution in [2.45, 2.75) is 25.9 Å². The van der Waals surface area contributed by atoms with Gasteiger partial charge in [-0.25, -0.2) is 0 Å². The van der Waals surface area contributed by atoms with Gasteiger partial charge in [-0.05, 0) is 0 Å². The Morgan fingerprint density at radius 1 is 1.67 bits per heavy atom. The van der Waals surface area contributed by atoms with Crippen LogP contribution >= 0.6 is 0 Å². The Kier molecular flexibility index (Phi) is 2.27. The Morgan fingerprint density at radius 3 is 2.89 bits per heavy atom. The van der Waals surface area contributed by atoms with Crippen molar-refractivity contribution in [1.29, 1.82) is 0 Å². The number of rotatable bonds is 2. The fourth-order valence-corrected chi connectivity index (χ4v) is 4.53. The molecule has 0 amide bonds. The molecule has 0 bridgehead atoms. The van der Waals surface area contributed by atoms with Crippen molar-refractivity contribution in [3.05, 3.63) is 0 Å². The van der Waals surface area contributed by atoms with Gasteiger partial charge in [0.25, 0.3) is 0 Å². The molecule has 0 spiro atoms. The van der Waals surface area contributed by atoms with E-state index in [4.69, 9.17) is 4.43 Å². The maximum atomic E-state index is 5.65. The van der Waals surface area contributed by atoms with E-state index in [1.54, 1.807) is 0 Å². The van der Waals surface area contributed by atoms with E-state index in [0.717, 1.165) is 6.61 Å². The molecule has 9 heavy (non-hydrogen) atoms. The van der Waals surface area contributed by atoms with Crippen LogP contribution in [0, 0.1) is 0 Å². The van der Waals surface area contributed by atoms with Gasteiger partial charge in [0.1, 0.15) is 0 Å². The molecule has 1 rings (SSSR count). The Morgan fingerprint density at radius 2 is 2.44 bits per heavy atom. The number of hydrogen-bond acceptors (Lipinski definition) is 2. The molecule has 2 nitrogen and oxygen atoms in total. The molecule has 0 aromatic carbocycles. The standard InChI is InChI=1S/C6H16NOSi/c1-3-8-9(2)6-4-5-7-9/h7,9H,3-6H2,1-2H3/q-1. The quantitative estimate of drug-likeness (QED) is 0.582. The minimum absolute atomic E-state index is 0.883. The first kappa shape index (κ1) is 7.25. The van der Waals surface area contributed by atoms with E-state index in [1.165, 1.54) is 19.0 Å². The first-order chi connectivity index (χ1) is 4.27. The van der Waals surface area contributed by atoms with Crippen molar-refractivity contribution in [1.82, 2.24) is 4.98 Å². The second kappa shape index (κ2) is 2.81. The topological polar surface area (TPSA) is 21.3 Å². The van der Waals surface area contributed by atoms with Crippen molar-refractivity contribution < 1.29 is 4.43 Å². The predicted molar refractivity (Wildman–Crippen MR) is 42.1 cm³/mol. The molecule has 3 heteroatoms. The average Bonchev–Trinajstić information content (AvgIpc) is 2.16. The molecular weight excluding hydrogens is 130 g/mol.